The molecule has 6 heteroatoms. The molecule has 0 fully saturated rings. The molecule has 0 N–H and O–H groups in total. The highest BCUT2D eigenvalue weighted by atomic mass is 32.1. The van der Waals surface area contributed by atoms with Crippen LogP contribution in [0, 0.1) is 0 Å². The van der Waals surface area contributed by atoms with Gasteiger partial charge in [-0.05, 0) is 42.3 Å². The highest BCUT2D eigenvalue weighted by Crippen LogP contribution is 2.20. The summed E-state index contributed by atoms with van der Waals surface area (Å²) in [5.41, 5.74) is 1.78. The molecular formula is C22H19N3O2S. The Kier molecular flexibility index (Phi) is 5.30. The maximum Gasteiger partial charge on any atom is 0.291 e. The van der Waals surface area contributed by atoms with Gasteiger partial charge in [0.2, 0.25) is 4.96 Å². The summed E-state index contributed by atoms with van der Waals surface area (Å²) in [6, 6.07) is 17.6. The Bertz CT molecular complexity index is 1210. The van der Waals surface area contributed by atoms with Crippen molar-refractivity contribution in [2.75, 3.05) is 6.61 Å². The van der Waals surface area contributed by atoms with Gasteiger partial charge in [-0.2, -0.15) is 9.50 Å². The molecule has 0 saturated carbocycles. The third kappa shape index (κ3) is 3.87. The molecule has 0 aliphatic rings. The lowest BCUT2D eigenvalue weighted by Crippen LogP contribution is -2.23. The summed E-state index contributed by atoms with van der Waals surface area (Å²) in [5.74, 6) is 1.36. The Morgan fingerprint density at radius 2 is 1.89 bits per heavy atom. The minimum atomic E-state index is -0.153. The smallest absolute Gasteiger partial charge is 0.291 e. The number of rotatable bonds is 6. The summed E-state index contributed by atoms with van der Waals surface area (Å²) < 4.78 is 7.56. The normalized spacial score (nSPS) is 12.2. The van der Waals surface area contributed by atoms with E-state index in [1.54, 1.807) is 6.08 Å². The van der Waals surface area contributed by atoms with Crippen LogP contribution in [0.25, 0.3) is 28.5 Å². The Hall–Kier alpha value is -3.25. The number of fused-ring (bicyclic) bond motifs is 1. The Morgan fingerprint density at radius 3 is 2.61 bits per heavy atom. The van der Waals surface area contributed by atoms with Crippen molar-refractivity contribution >= 4 is 28.4 Å². The van der Waals surface area contributed by atoms with Crippen LogP contribution >= 0.6 is 11.3 Å². The van der Waals surface area contributed by atoms with E-state index in [2.05, 4.69) is 17.0 Å². The first kappa shape index (κ1) is 18.1. The van der Waals surface area contributed by atoms with Gasteiger partial charge in [-0.3, -0.25) is 4.79 Å². The summed E-state index contributed by atoms with van der Waals surface area (Å²) in [5, 5.41) is 4.38. The SMILES string of the molecule is CCCOc1ccc(-c2nc3sc(=CC=Cc4ccccc4)c(=O)n3n2)cc1. The van der Waals surface area contributed by atoms with Gasteiger partial charge in [0.05, 0.1) is 11.1 Å². The van der Waals surface area contributed by atoms with Crippen LogP contribution in [0.15, 0.2) is 65.5 Å². The molecule has 0 saturated heterocycles. The average Bonchev–Trinajstić information content (AvgIpc) is 3.27. The Balaban J connectivity index is 1.58. The third-order valence-electron chi connectivity index (χ3n) is 4.10. The number of ether oxygens (including phenoxy) is 1. The predicted molar refractivity (Wildman–Crippen MR) is 114 cm³/mol. The minimum absolute atomic E-state index is 0.153. The minimum Gasteiger partial charge on any atom is -0.494 e. The van der Waals surface area contributed by atoms with Crippen LogP contribution in [0.2, 0.25) is 0 Å². The van der Waals surface area contributed by atoms with E-state index >= 15 is 0 Å². The lowest BCUT2D eigenvalue weighted by atomic mass is 10.2. The molecule has 0 unspecified atom stereocenters. The van der Waals surface area contributed by atoms with E-state index in [9.17, 15) is 4.79 Å². The molecule has 2 aromatic carbocycles. The zero-order valence-electron chi connectivity index (χ0n) is 15.4. The first-order valence-electron chi connectivity index (χ1n) is 9.11. The zero-order valence-corrected chi connectivity index (χ0v) is 16.2. The fourth-order valence-corrected chi connectivity index (χ4v) is 3.56. The molecule has 0 bridgehead atoms. The molecule has 0 radical (unpaired) electrons. The van der Waals surface area contributed by atoms with Gasteiger partial charge in [-0.1, -0.05) is 60.7 Å². The number of benzene rings is 2. The van der Waals surface area contributed by atoms with Crippen LogP contribution in [0.1, 0.15) is 18.9 Å². The maximum absolute atomic E-state index is 12.6. The van der Waals surface area contributed by atoms with E-state index in [0.29, 0.717) is 21.9 Å². The summed E-state index contributed by atoms with van der Waals surface area (Å²) >= 11 is 1.33. The van der Waals surface area contributed by atoms with Crippen molar-refractivity contribution in [3.05, 3.63) is 81.1 Å². The number of allylic oxidation sites excluding steroid dienone is 1. The monoisotopic (exact) mass is 389 g/mol. The molecule has 0 amide bonds. The lowest BCUT2D eigenvalue weighted by molar-refractivity contribution is 0.317. The van der Waals surface area contributed by atoms with Crippen molar-refractivity contribution < 1.29 is 4.74 Å². The fourth-order valence-electron chi connectivity index (χ4n) is 2.70. The number of thiazole rings is 1. The van der Waals surface area contributed by atoms with Crippen molar-refractivity contribution in [1.82, 2.24) is 14.6 Å². The quantitative estimate of drug-likeness (QED) is 0.503. The highest BCUT2D eigenvalue weighted by Gasteiger charge is 2.11. The van der Waals surface area contributed by atoms with Gasteiger partial charge in [0.1, 0.15) is 5.75 Å². The van der Waals surface area contributed by atoms with Crippen molar-refractivity contribution in [3.8, 4) is 17.1 Å². The van der Waals surface area contributed by atoms with Crippen LogP contribution < -0.4 is 14.8 Å². The number of hydrogen-bond acceptors (Lipinski definition) is 5. The van der Waals surface area contributed by atoms with Gasteiger partial charge in [0, 0.05) is 5.56 Å². The predicted octanol–water partition coefficient (Wildman–Crippen LogP) is 3.82. The summed E-state index contributed by atoms with van der Waals surface area (Å²) in [4.78, 5) is 17.7. The van der Waals surface area contributed by atoms with Gasteiger partial charge < -0.3 is 4.74 Å². The highest BCUT2D eigenvalue weighted by molar-refractivity contribution is 7.15. The van der Waals surface area contributed by atoms with Crippen LogP contribution in [-0.4, -0.2) is 21.2 Å². The standard InChI is InChI=1S/C22H19N3O2S/c1-2-15-27-18-13-11-17(12-14-18)20-23-22-25(24-20)21(26)19(28-22)10-6-9-16-7-4-3-5-8-16/h3-14H,2,15H2,1H3. The van der Waals surface area contributed by atoms with Crippen molar-refractivity contribution in [2.45, 2.75) is 13.3 Å². The fraction of sp³-hybridized carbons (Fsp3) is 0.136. The van der Waals surface area contributed by atoms with Crippen molar-refractivity contribution in [2.24, 2.45) is 0 Å². The number of aromatic nitrogens is 3. The second-order valence-corrected chi connectivity index (χ2v) is 7.22. The van der Waals surface area contributed by atoms with E-state index < -0.39 is 0 Å². The molecule has 28 heavy (non-hydrogen) atoms. The van der Waals surface area contributed by atoms with Gasteiger partial charge >= 0.3 is 0 Å². The molecule has 2 aromatic heterocycles. The van der Waals surface area contributed by atoms with Gasteiger partial charge in [-0.15, -0.1) is 5.10 Å². The van der Waals surface area contributed by atoms with Gasteiger partial charge in [0.25, 0.3) is 5.56 Å². The summed E-state index contributed by atoms with van der Waals surface area (Å²) in [6.45, 7) is 2.76. The van der Waals surface area contributed by atoms with Crippen molar-refractivity contribution in [3.63, 3.8) is 0 Å². The third-order valence-corrected chi connectivity index (χ3v) is 5.08. The maximum atomic E-state index is 12.6. The number of hydrogen-bond donors (Lipinski definition) is 0. The molecule has 0 aliphatic heterocycles. The largest absolute Gasteiger partial charge is 0.494 e. The molecule has 0 aliphatic carbocycles. The molecule has 4 rings (SSSR count). The van der Waals surface area contributed by atoms with E-state index in [4.69, 9.17) is 4.74 Å². The van der Waals surface area contributed by atoms with Gasteiger partial charge in [-0.25, -0.2) is 0 Å². The van der Waals surface area contributed by atoms with Gasteiger partial charge in [0.15, 0.2) is 5.82 Å². The second-order valence-electron chi connectivity index (χ2n) is 6.21. The number of nitrogens with zero attached hydrogens (tertiary/aromatic N) is 3. The van der Waals surface area contributed by atoms with E-state index in [0.717, 1.165) is 23.3 Å². The zero-order chi connectivity index (χ0) is 19.3. The molecular weight excluding hydrogens is 370 g/mol. The molecule has 4 aromatic rings. The molecule has 140 valence electrons. The van der Waals surface area contributed by atoms with E-state index in [-0.39, 0.29) is 5.56 Å². The first-order chi connectivity index (χ1) is 13.7. The van der Waals surface area contributed by atoms with E-state index in [1.165, 1.54) is 15.9 Å². The van der Waals surface area contributed by atoms with Crippen LogP contribution in [0.4, 0.5) is 0 Å². The first-order valence-corrected chi connectivity index (χ1v) is 9.92. The Labute approximate surface area is 166 Å². The average molecular weight is 389 g/mol. The topological polar surface area (TPSA) is 56.5 Å². The summed E-state index contributed by atoms with van der Waals surface area (Å²) in [6.07, 6.45) is 6.60. The molecule has 2 heterocycles. The second kappa shape index (κ2) is 8.19. The van der Waals surface area contributed by atoms with Crippen LogP contribution in [-0.2, 0) is 0 Å². The van der Waals surface area contributed by atoms with Crippen molar-refractivity contribution in [1.29, 1.82) is 0 Å². The van der Waals surface area contributed by atoms with Crippen LogP contribution in [0.3, 0.4) is 0 Å². The molecule has 5 nitrogen and oxygen atoms in total. The lowest BCUT2D eigenvalue weighted by Gasteiger charge is -2.04. The van der Waals surface area contributed by atoms with E-state index in [1.807, 2.05) is 66.7 Å². The summed E-state index contributed by atoms with van der Waals surface area (Å²) in [7, 11) is 0. The van der Waals surface area contributed by atoms with Crippen LogP contribution in [0.5, 0.6) is 5.75 Å². The molecule has 0 spiro atoms. The molecule has 0 atom stereocenters. The Morgan fingerprint density at radius 1 is 1.11 bits per heavy atom.